The van der Waals surface area contributed by atoms with Crippen LogP contribution in [0.25, 0.3) is 39.2 Å². The average molecular weight is 357 g/mol. The van der Waals surface area contributed by atoms with Crippen LogP contribution in [-0.4, -0.2) is 19.6 Å². The van der Waals surface area contributed by atoms with Gasteiger partial charge in [-0.1, -0.05) is 54.1 Å². The molecule has 0 amide bonds. The zero-order chi connectivity index (χ0) is 17.5. The maximum absolute atomic E-state index is 5.98. The van der Waals surface area contributed by atoms with Gasteiger partial charge < -0.3 is 0 Å². The number of benzene rings is 3. The van der Waals surface area contributed by atoms with Crippen LogP contribution in [0.2, 0.25) is 5.02 Å². The fraction of sp³-hybridized carbons (Fsp3) is 0. The molecule has 0 bridgehead atoms. The van der Waals surface area contributed by atoms with Gasteiger partial charge in [0.1, 0.15) is 0 Å². The number of rotatable bonds is 2. The van der Waals surface area contributed by atoms with Gasteiger partial charge in [0.2, 0.25) is 0 Å². The molecule has 0 unspecified atom stereocenters. The Morgan fingerprint density at radius 3 is 2.50 bits per heavy atom. The molecule has 0 atom stereocenters. The molecule has 0 aliphatic heterocycles. The van der Waals surface area contributed by atoms with Crippen molar-refractivity contribution >= 4 is 28.2 Å². The normalized spacial score (nSPS) is 11.3. The Hall–Kier alpha value is -3.24. The highest BCUT2D eigenvalue weighted by Crippen LogP contribution is 2.29. The molecule has 2 aromatic heterocycles. The molecule has 3 aromatic carbocycles. The number of hydrogen-bond acceptors (Lipinski definition) is 3. The molecule has 5 rings (SSSR count). The van der Waals surface area contributed by atoms with Crippen LogP contribution in [0.15, 0.2) is 79.0 Å². The maximum Gasteiger partial charge on any atom is 0.253 e. The van der Waals surface area contributed by atoms with Crippen molar-refractivity contribution in [1.82, 2.24) is 19.6 Å². The van der Waals surface area contributed by atoms with Crippen LogP contribution in [0.3, 0.4) is 0 Å². The maximum atomic E-state index is 5.98. The highest BCUT2D eigenvalue weighted by Gasteiger charge is 2.13. The fourth-order valence-electron chi connectivity index (χ4n) is 3.17. The topological polar surface area (TPSA) is 43.1 Å². The van der Waals surface area contributed by atoms with Gasteiger partial charge in [-0.15, -0.1) is 5.10 Å². The van der Waals surface area contributed by atoms with Gasteiger partial charge in [0.25, 0.3) is 5.78 Å². The number of fused-ring (bicyclic) bond motifs is 2. The first-order valence-electron chi connectivity index (χ1n) is 8.25. The van der Waals surface area contributed by atoms with Crippen molar-refractivity contribution in [3.63, 3.8) is 0 Å². The Morgan fingerprint density at radius 2 is 1.62 bits per heavy atom. The SMILES string of the molecule is Clc1ccc(-c2nc3nccc(-c4cccc5ccccc45)n3n2)cc1. The van der Waals surface area contributed by atoms with Crippen molar-refractivity contribution in [2.75, 3.05) is 0 Å². The van der Waals surface area contributed by atoms with Crippen LogP contribution in [0.4, 0.5) is 0 Å². The second-order valence-electron chi connectivity index (χ2n) is 6.01. The van der Waals surface area contributed by atoms with E-state index in [2.05, 4.69) is 40.3 Å². The molecule has 0 saturated carbocycles. The van der Waals surface area contributed by atoms with Crippen molar-refractivity contribution in [3.8, 4) is 22.6 Å². The molecule has 124 valence electrons. The lowest BCUT2D eigenvalue weighted by Gasteiger charge is -2.07. The lowest BCUT2D eigenvalue weighted by molar-refractivity contribution is 0.952. The van der Waals surface area contributed by atoms with Gasteiger partial charge >= 0.3 is 0 Å². The first-order valence-corrected chi connectivity index (χ1v) is 8.63. The Balaban J connectivity index is 1.75. The zero-order valence-electron chi connectivity index (χ0n) is 13.7. The van der Waals surface area contributed by atoms with E-state index in [0.717, 1.165) is 16.8 Å². The molecule has 0 aliphatic carbocycles. The number of aromatic nitrogens is 4. The van der Waals surface area contributed by atoms with Gasteiger partial charge in [0.15, 0.2) is 5.82 Å². The molecular formula is C21H13ClN4. The van der Waals surface area contributed by atoms with E-state index in [1.54, 1.807) is 10.7 Å². The minimum Gasteiger partial charge on any atom is -0.220 e. The van der Waals surface area contributed by atoms with Crippen LogP contribution < -0.4 is 0 Å². The number of halogens is 1. The van der Waals surface area contributed by atoms with Crippen LogP contribution in [0.1, 0.15) is 0 Å². The van der Waals surface area contributed by atoms with Crippen molar-refractivity contribution in [2.24, 2.45) is 0 Å². The first-order chi connectivity index (χ1) is 12.8. The monoisotopic (exact) mass is 356 g/mol. The fourth-order valence-corrected chi connectivity index (χ4v) is 3.29. The van der Waals surface area contributed by atoms with Crippen molar-refractivity contribution in [2.45, 2.75) is 0 Å². The van der Waals surface area contributed by atoms with E-state index < -0.39 is 0 Å². The number of nitrogens with zero attached hydrogens (tertiary/aromatic N) is 4. The van der Waals surface area contributed by atoms with Gasteiger partial charge in [0.05, 0.1) is 5.69 Å². The van der Waals surface area contributed by atoms with E-state index in [1.165, 1.54) is 10.8 Å². The zero-order valence-corrected chi connectivity index (χ0v) is 14.4. The van der Waals surface area contributed by atoms with Crippen molar-refractivity contribution in [1.29, 1.82) is 0 Å². The van der Waals surface area contributed by atoms with Crippen LogP contribution in [0, 0.1) is 0 Å². The van der Waals surface area contributed by atoms with Crippen LogP contribution in [-0.2, 0) is 0 Å². The van der Waals surface area contributed by atoms with Gasteiger partial charge in [-0.05, 0) is 41.1 Å². The highest BCUT2D eigenvalue weighted by atomic mass is 35.5. The molecule has 0 spiro atoms. The van der Waals surface area contributed by atoms with Crippen molar-refractivity contribution < 1.29 is 0 Å². The summed E-state index contributed by atoms with van der Waals surface area (Å²) in [7, 11) is 0. The van der Waals surface area contributed by atoms with E-state index >= 15 is 0 Å². The summed E-state index contributed by atoms with van der Waals surface area (Å²) < 4.78 is 1.80. The third-order valence-electron chi connectivity index (χ3n) is 4.41. The minimum absolute atomic E-state index is 0.570. The Bertz CT molecular complexity index is 1240. The van der Waals surface area contributed by atoms with Gasteiger partial charge in [-0.3, -0.25) is 0 Å². The predicted molar refractivity (Wildman–Crippen MR) is 104 cm³/mol. The smallest absolute Gasteiger partial charge is 0.220 e. The van der Waals surface area contributed by atoms with Crippen LogP contribution in [0.5, 0.6) is 0 Å². The Kier molecular flexibility index (Phi) is 3.43. The molecule has 0 saturated heterocycles. The molecule has 0 radical (unpaired) electrons. The second-order valence-corrected chi connectivity index (χ2v) is 6.45. The summed E-state index contributed by atoms with van der Waals surface area (Å²) in [6, 6.07) is 24.0. The Labute approximate surface area is 154 Å². The minimum atomic E-state index is 0.570. The lowest BCUT2D eigenvalue weighted by Crippen LogP contribution is -1.96. The molecule has 0 N–H and O–H groups in total. The summed E-state index contributed by atoms with van der Waals surface area (Å²) in [5.41, 5.74) is 2.96. The molecule has 2 heterocycles. The molecule has 4 nitrogen and oxygen atoms in total. The highest BCUT2D eigenvalue weighted by molar-refractivity contribution is 6.30. The molecule has 5 heteroatoms. The van der Waals surface area contributed by atoms with Gasteiger partial charge in [-0.2, -0.15) is 9.50 Å². The van der Waals surface area contributed by atoms with Gasteiger partial charge in [-0.25, -0.2) is 4.98 Å². The van der Waals surface area contributed by atoms with Crippen LogP contribution >= 0.6 is 11.6 Å². The summed E-state index contributed by atoms with van der Waals surface area (Å²) in [5.74, 6) is 1.20. The number of hydrogen-bond donors (Lipinski definition) is 0. The summed E-state index contributed by atoms with van der Waals surface area (Å²) >= 11 is 5.98. The van der Waals surface area contributed by atoms with E-state index in [0.29, 0.717) is 16.6 Å². The molecule has 26 heavy (non-hydrogen) atoms. The van der Waals surface area contributed by atoms with Gasteiger partial charge in [0, 0.05) is 22.3 Å². The lowest BCUT2D eigenvalue weighted by atomic mass is 10.0. The van der Waals surface area contributed by atoms with E-state index in [4.69, 9.17) is 16.7 Å². The molecular weight excluding hydrogens is 344 g/mol. The van der Waals surface area contributed by atoms with E-state index in [1.807, 2.05) is 42.5 Å². The second kappa shape index (κ2) is 5.93. The summed E-state index contributed by atoms with van der Waals surface area (Å²) in [6.07, 6.45) is 1.77. The summed E-state index contributed by atoms with van der Waals surface area (Å²) in [6.45, 7) is 0. The van der Waals surface area contributed by atoms with Crippen molar-refractivity contribution in [3.05, 3.63) is 84.0 Å². The standard InChI is InChI=1S/C21H13ClN4/c22-16-10-8-15(9-11-16)20-24-21-23-13-12-19(26(21)25-20)18-7-3-5-14-4-1-2-6-17(14)18/h1-13H. The predicted octanol–water partition coefficient (Wildman–Crippen LogP) is 5.26. The quantitative estimate of drug-likeness (QED) is 0.433. The van der Waals surface area contributed by atoms with E-state index in [-0.39, 0.29) is 0 Å². The Morgan fingerprint density at radius 1 is 0.808 bits per heavy atom. The first kappa shape index (κ1) is 15.0. The largest absolute Gasteiger partial charge is 0.253 e. The third-order valence-corrected chi connectivity index (χ3v) is 4.66. The molecule has 5 aromatic rings. The molecule has 0 aliphatic rings. The summed E-state index contributed by atoms with van der Waals surface area (Å²) in [5, 5.41) is 7.74. The third kappa shape index (κ3) is 2.43. The average Bonchev–Trinajstić information content (AvgIpc) is 3.12. The molecule has 0 fully saturated rings. The van der Waals surface area contributed by atoms with E-state index in [9.17, 15) is 0 Å². The summed E-state index contributed by atoms with van der Waals surface area (Å²) in [4.78, 5) is 8.95.